The third-order valence-corrected chi connectivity index (χ3v) is 2.92. The van der Waals surface area contributed by atoms with Crippen LogP contribution in [0.1, 0.15) is 32.8 Å². The zero-order valence-corrected chi connectivity index (χ0v) is 11.0. The largest absolute Gasteiger partial charge is 0.363 e. The second-order valence-corrected chi connectivity index (χ2v) is 5.01. The molecule has 0 aliphatic heterocycles. The highest BCUT2D eigenvalue weighted by atomic mass is 15.1. The van der Waals surface area contributed by atoms with Gasteiger partial charge in [0, 0.05) is 32.4 Å². The molecule has 90 valence electrons. The number of nitrogens with zero attached hydrogens (tertiary/aromatic N) is 2. The van der Waals surface area contributed by atoms with Gasteiger partial charge < -0.3 is 10.2 Å². The molecule has 0 aliphatic carbocycles. The fraction of sp³-hybridized carbons (Fsp3) is 0.615. The van der Waals surface area contributed by atoms with Crippen molar-refractivity contribution in [2.75, 3.05) is 19.0 Å². The van der Waals surface area contributed by atoms with E-state index in [4.69, 9.17) is 0 Å². The van der Waals surface area contributed by atoms with Crippen LogP contribution in [0.4, 0.5) is 5.82 Å². The number of pyridine rings is 1. The Bertz CT molecular complexity index is 314. The van der Waals surface area contributed by atoms with Gasteiger partial charge in [0.05, 0.1) is 0 Å². The quantitative estimate of drug-likeness (QED) is 0.827. The van der Waals surface area contributed by atoms with E-state index in [1.807, 2.05) is 25.2 Å². The van der Waals surface area contributed by atoms with E-state index in [0.29, 0.717) is 0 Å². The average molecular weight is 221 g/mol. The molecule has 0 radical (unpaired) electrons. The zero-order chi connectivity index (χ0) is 12.2. The lowest BCUT2D eigenvalue weighted by atomic mass is 10.0. The van der Waals surface area contributed by atoms with E-state index in [-0.39, 0.29) is 5.54 Å². The van der Waals surface area contributed by atoms with Gasteiger partial charge in [0.2, 0.25) is 0 Å². The Morgan fingerprint density at radius 2 is 2.00 bits per heavy atom. The summed E-state index contributed by atoms with van der Waals surface area (Å²) in [5.41, 5.74) is 1.42. The summed E-state index contributed by atoms with van der Waals surface area (Å²) in [4.78, 5) is 6.40. The number of rotatable bonds is 5. The van der Waals surface area contributed by atoms with Crippen molar-refractivity contribution >= 4 is 5.82 Å². The van der Waals surface area contributed by atoms with E-state index in [9.17, 15) is 0 Å². The molecule has 1 heterocycles. The van der Waals surface area contributed by atoms with Crippen molar-refractivity contribution < 1.29 is 0 Å². The van der Waals surface area contributed by atoms with Gasteiger partial charge in [0.25, 0.3) is 0 Å². The lowest BCUT2D eigenvalue weighted by Gasteiger charge is -2.24. The molecule has 0 amide bonds. The fourth-order valence-corrected chi connectivity index (χ4v) is 1.25. The van der Waals surface area contributed by atoms with Crippen molar-refractivity contribution in [3.8, 4) is 0 Å². The molecule has 0 saturated carbocycles. The van der Waals surface area contributed by atoms with Gasteiger partial charge in [-0.05, 0) is 31.9 Å². The molecule has 0 fully saturated rings. The van der Waals surface area contributed by atoms with E-state index in [2.05, 4.69) is 43.2 Å². The Hall–Kier alpha value is -1.09. The second-order valence-electron chi connectivity index (χ2n) is 5.01. The number of hydrogen-bond donors (Lipinski definition) is 1. The molecular weight excluding hydrogens is 198 g/mol. The Morgan fingerprint density at radius 3 is 2.44 bits per heavy atom. The van der Waals surface area contributed by atoms with Crippen molar-refractivity contribution in [1.29, 1.82) is 0 Å². The molecule has 1 aromatic heterocycles. The van der Waals surface area contributed by atoms with Gasteiger partial charge in [-0.1, -0.05) is 13.0 Å². The molecule has 0 saturated heterocycles. The molecule has 16 heavy (non-hydrogen) atoms. The summed E-state index contributed by atoms with van der Waals surface area (Å²) in [5.74, 6) is 0.999. The van der Waals surface area contributed by atoms with Crippen LogP contribution in [0.5, 0.6) is 0 Å². The van der Waals surface area contributed by atoms with Crippen molar-refractivity contribution in [2.45, 2.75) is 39.3 Å². The third-order valence-electron chi connectivity index (χ3n) is 2.92. The minimum Gasteiger partial charge on any atom is -0.363 e. The van der Waals surface area contributed by atoms with E-state index in [0.717, 1.165) is 18.8 Å². The minimum absolute atomic E-state index is 0.195. The van der Waals surface area contributed by atoms with E-state index in [1.165, 1.54) is 5.56 Å². The number of nitrogens with one attached hydrogen (secondary N) is 1. The maximum Gasteiger partial charge on any atom is 0.127 e. The Kier molecular flexibility index (Phi) is 4.30. The number of anilines is 1. The van der Waals surface area contributed by atoms with Crippen LogP contribution < -0.4 is 10.2 Å². The van der Waals surface area contributed by atoms with Gasteiger partial charge in [0.15, 0.2) is 0 Å². The fourth-order valence-electron chi connectivity index (χ4n) is 1.25. The third kappa shape index (κ3) is 3.81. The van der Waals surface area contributed by atoms with Gasteiger partial charge in [-0.3, -0.25) is 0 Å². The minimum atomic E-state index is 0.195. The first-order valence-electron chi connectivity index (χ1n) is 5.82. The van der Waals surface area contributed by atoms with Crippen LogP contribution in [0.2, 0.25) is 0 Å². The smallest absolute Gasteiger partial charge is 0.127 e. The van der Waals surface area contributed by atoms with Gasteiger partial charge >= 0.3 is 0 Å². The summed E-state index contributed by atoms with van der Waals surface area (Å²) in [6.07, 6.45) is 3.06. The molecule has 0 aromatic carbocycles. The maximum atomic E-state index is 4.39. The van der Waals surface area contributed by atoms with Crippen LogP contribution in [0, 0.1) is 0 Å². The predicted octanol–water partition coefficient (Wildman–Crippen LogP) is 2.43. The standard InChI is InChI=1S/C13H23N3/c1-6-13(2,3)15-10-11-7-8-12(14-9-11)16(4)5/h7-9,15H,6,10H2,1-5H3. The maximum absolute atomic E-state index is 4.39. The van der Waals surface area contributed by atoms with Crippen LogP contribution in [0.3, 0.4) is 0 Å². The highest BCUT2D eigenvalue weighted by Crippen LogP contribution is 2.11. The van der Waals surface area contributed by atoms with E-state index >= 15 is 0 Å². The lowest BCUT2D eigenvalue weighted by Crippen LogP contribution is -2.37. The highest BCUT2D eigenvalue weighted by molar-refractivity contribution is 5.37. The van der Waals surface area contributed by atoms with Crippen molar-refractivity contribution in [2.24, 2.45) is 0 Å². The van der Waals surface area contributed by atoms with Crippen LogP contribution in [-0.4, -0.2) is 24.6 Å². The van der Waals surface area contributed by atoms with E-state index < -0.39 is 0 Å². The predicted molar refractivity (Wildman–Crippen MR) is 69.8 cm³/mol. The molecule has 0 atom stereocenters. The number of aromatic nitrogens is 1. The highest BCUT2D eigenvalue weighted by Gasteiger charge is 2.13. The molecule has 3 heteroatoms. The van der Waals surface area contributed by atoms with Crippen molar-refractivity contribution in [3.05, 3.63) is 23.9 Å². The second kappa shape index (κ2) is 5.30. The topological polar surface area (TPSA) is 28.2 Å². The Labute approximate surface area is 98.9 Å². The van der Waals surface area contributed by atoms with Gasteiger partial charge in [-0.25, -0.2) is 4.98 Å². The lowest BCUT2D eigenvalue weighted by molar-refractivity contribution is 0.374. The summed E-state index contributed by atoms with van der Waals surface area (Å²) in [5, 5.41) is 3.52. The van der Waals surface area contributed by atoms with Gasteiger partial charge in [-0.15, -0.1) is 0 Å². The molecule has 0 bridgehead atoms. The van der Waals surface area contributed by atoms with E-state index in [1.54, 1.807) is 0 Å². The van der Waals surface area contributed by atoms with Crippen LogP contribution in [-0.2, 0) is 6.54 Å². The summed E-state index contributed by atoms with van der Waals surface area (Å²) in [7, 11) is 4.00. The SMILES string of the molecule is CCC(C)(C)NCc1ccc(N(C)C)nc1. The molecule has 1 N–H and O–H groups in total. The first-order chi connectivity index (χ1) is 7.44. The monoisotopic (exact) mass is 221 g/mol. The summed E-state index contributed by atoms with van der Waals surface area (Å²) >= 11 is 0. The first kappa shape index (κ1) is 13.0. The molecule has 0 aliphatic rings. The summed E-state index contributed by atoms with van der Waals surface area (Å²) in [6, 6.07) is 4.18. The summed E-state index contributed by atoms with van der Waals surface area (Å²) < 4.78 is 0. The molecule has 1 rings (SSSR count). The first-order valence-corrected chi connectivity index (χ1v) is 5.82. The van der Waals surface area contributed by atoms with Crippen LogP contribution in [0.25, 0.3) is 0 Å². The van der Waals surface area contributed by atoms with Crippen molar-refractivity contribution in [3.63, 3.8) is 0 Å². The summed E-state index contributed by atoms with van der Waals surface area (Å²) in [6.45, 7) is 7.51. The Balaban J connectivity index is 2.56. The Morgan fingerprint density at radius 1 is 1.31 bits per heavy atom. The van der Waals surface area contributed by atoms with Crippen LogP contribution >= 0.6 is 0 Å². The molecule has 3 nitrogen and oxygen atoms in total. The number of hydrogen-bond acceptors (Lipinski definition) is 3. The van der Waals surface area contributed by atoms with Gasteiger partial charge in [-0.2, -0.15) is 0 Å². The molecule has 1 aromatic rings. The molecule has 0 spiro atoms. The van der Waals surface area contributed by atoms with Gasteiger partial charge in [0.1, 0.15) is 5.82 Å². The molecule has 0 unspecified atom stereocenters. The van der Waals surface area contributed by atoms with Crippen LogP contribution in [0.15, 0.2) is 18.3 Å². The zero-order valence-electron chi connectivity index (χ0n) is 11.0. The molecular formula is C13H23N3. The van der Waals surface area contributed by atoms with Crippen molar-refractivity contribution in [1.82, 2.24) is 10.3 Å². The normalized spacial score (nSPS) is 11.6. The average Bonchev–Trinajstić information content (AvgIpc) is 2.27.